The van der Waals surface area contributed by atoms with Gasteiger partial charge in [0.05, 0.1) is 0 Å². The molecule has 1 aliphatic carbocycles. The van der Waals surface area contributed by atoms with Crippen LogP contribution >= 0.6 is 12.4 Å². The zero-order chi connectivity index (χ0) is 18.6. The number of nitrogens with zero attached hydrogens (tertiary/aromatic N) is 1. The largest absolute Gasteiger partial charge is 0.323 e. The molecule has 0 unspecified atom stereocenters. The minimum absolute atomic E-state index is 0. The first-order valence-electron chi connectivity index (χ1n) is 8.98. The Morgan fingerprint density at radius 2 is 1.63 bits per heavy atom. The topological polar surface area (TPSA) is 32.3 Å². The number of nitrogens with one attached hydrogen (secondary N) is 1. The minimum Gasteiger partial charge on any atom is -0.323 e. The lowest BCUT2D eigenvalue weighted by atomic mass is 9.74. The Balaban J connectivity index is 0.00000261. The summed E-state index contributed by atoms with van der Waals surface area (Å²) in [4.78, 5) is 14.5. The molecule has 0 spiro atoms. The number of carbonyl (C=O) groups is 1. The average Bonchev–Trinajstić information content (AvgIpc) is 2.65. The summed E-state index contributed by atoms with van der Waals surface area (Å²) in [6.07, 6.45) is 5.46. The molecule has 5 heteroatoms. The van der Waals surface area contributed by atoms with Crippen LogP contribution in [0.5, 0.6) is 0 Å². The Hall–Kier alpha value is -2.17. The van der Waals surface area contributed by atoms with Gasteiger partial charge in [-0.25, -0.2) is 4.39 Å². The summed E-state index contributed by atoms with van der Waals surface area (Å²) >= 11 is 0. The first kappa shape index (κ1) is 21.1. The molecule has 3 nitrogen and oxygen atoms in total. The molecule has 0 aromatic heterocycles. The Kier molecular flexibility index (Phi) is 7.17. The van der Waals surface area contributed by atoms with E-state index in [9.17, 15) is 9.18 Å². The number of benzene rings is 2. The highest BCUT2D eigenvalue weighted by Gasteiger charge is 2.37. The van der Waals surface area contributed by atoms with E-state index >= 15 is 0 Å². The van der Waals surface area contributed by atoms with Gasteiger partial charge in [-0.3, -0.25) is 9.69 Å². The van der Waals surface area contributed by atoms with Crippen LogP contribution in [0.4, 0.5) is 10.1 Å². The van der Waals surface area contributed by atoms with Gasteiger partial charge in [-0.05, 0) is 69.6 Å². The maximum Gasteiger partial charge on any atom is 0.248 e. The van der Waals surface area contributed by atoms with Crippen molar-refractivity contribution in [2.24, 2.45) is 0 Å². The number of amides is 1. The van der Waals surface area contributed by atoms with Gasteiger partial charge in [0.2, 0.25) is 5.91 Å². The molecule has 1 saturated carbocycles. The third-order valence-corrected chi connectivity index (χ3v) is 5.33. The number of hydrogen-bond acceptors (Lipinski definition) is 2. The molecule has 2 aromatic carbocycles. The summed E-state index contributed by atoms with van der Waals surface area (Å²) in [6.45, 7) is 0. The predicted molar refractivity (Wildman–Crippen MR) is 111 cm³/mol. The van der Waals surface area contributed by atoms with E-state index in [4.69, 9.17) is 0 Å². The van der Waals surface area contributed by atoms with Crippen LogP contribution in [-0.2, 0) is 10.3 Å². The molecule has 0 heterocycles. The van der Waals surface area contributed by atoms with Crippen molar-refractivity contribution in [2.75, 3.05) is 19.4 Å². The van der Waals surface area contributed by atoms with Crippen molar-refractivity contribution in [2.45, 2.75) is 31.2 Å². The van der Waals surface area contributed by atoms with Crippen LogP contribution in [0.15, 0.2) is 66.2 Å². The summed E-state index contributed by atoms with van der Waals surface area (Å²) in [6, 6.07) is 16.4. The van der Waals surface area contributed by atoms with Crippen molar-refractivity contribution < 1.29 is 9.18 Å². The molecule has 0 aliphatic heterocycles. The van der Waals surface area contributed by atoms with Gasteiger partial charge in [-0.15, -0.1) is 12.4 Å². The van der Waals surface area contributed by atoms with E-state index in [0.29, 0.717) is 5.69 Å². The molecule has 0 atom stereocenters. The average molecular weight is 389 g/mol. The van der Waals surface area contributed by atoms with E-state index in [1.165, 1.54) is 17.7 Å². The van der Waals surface area contributed by atoms with E-state index < -0.39 is 0 Å². The van der Waals surface area contributed by atoms with Crippen LogP contribution in [-0.4, -0.2) is 24.9 Å². The monoisotopic (exact) mass is 388 g/mol. The van der Waals surface area contributed by atoms with E-state index in [0.717, 1.165) is 31.3 Å². The highest BCUT2D eigenvalue weighted by atomic mass is 35.5. The van der Waals surface area contributed by atoms with Gasteiger partial charge in [0.1, 0.15) is 5.82 Å². The zero-order valence-electron chi connectivity index (χ0n) is 15.7. The molecule has 0 saturated heterocycles. The second kappa shape index (κ2) is 9.16. The first-order chi connectivity index (χ1) is 12.5. The summed E-state index contributed by atoms with van der Waals surface area (Å²) < 4.78 is 12.9. The van der Waals surface area contributed by atoms with Crippen LogP contribution in [0.2, 0.25) is 0 Å². The molecule has 27 heavy (non-hydrogen) atoms. The van der Waals surface area contributed by atoms with Gasteiger partial charge in [-0.2, -0.15) is 0 Å². The summed E-state index contributed by atoms with van der Waals surface area (Å²) in [5.74, 6) is -0.460. The van der Waals surface area contributed by atoms with Gasteiger partial charge >= 0.3 is 0 Å². The van der Waals surface area contributed by atoms with Crippen molar-refractivity contribution in [3.63, 3.8) is 0 Å². The molecule has 1 amide bonds. The van der Waals surface area contributed by atoms with E-state index in [-0.39, 0.29) is 29.7 Å². The van der Waals surface area contributed by atoms with Crippen LogP contribution in [0.25, 0.3) is 0 Å². The van der Waals surface area contributed by atoms with Gasteiger partial charge in [0.15, 0.2) is 0 Å². The fraction of sp³-hybridized carbons (Fsp3) is 0.318. The highest BCUT2D eigenvalue weighted by Crippen LogP contribution is 2.42. The Bertz CT molecular complexity index is 778. The number of anilines is 1. The molecule has 1 fully saturated rings. The van der Waals surface area contributed by atoms with Gasteiger partial charge in [0.25, 0.3) is 0 Å². The molecular weight excluding hydrogens is 363 g/mol. The number of halogens is 2. The molecule has 144 valence electrons. The van der Waals surface area contributed by atoms with Crippen molar-refractivity contribution in [1.82, 2.24) is 4.90 Å². The van der Waals surface area contributed by atoms with E-state index in [1.807, 2.05) is 6.07 Å². The number of rotatable bonds is 4. The third kappa shape index (κ3) is 4.96. The quantitative estimate of drug-likeness (QED) is 0.735. The normalized spacial score (nSPS) is 19.3. The van der Waals surface area contributed by atoms with Crippen LogP contribution in [0.3, 0.4) is 0 Å². The van der Waals surface area contributed by atoms with Crippen LogP contribution < -0.4 is 5.32 Å². The molecule has 2 aromatic rings. The fourth-order valence-corrected chi connectivity index (χ4v) is 3.77. The van der Waals surface area contributed by atoms with Gasteiger partial charge < -0.3 is 5.32 Å². The van der Waals surface area contributed by atoms with Crippen LogP contribution in [0, 0.1) is 5.82 Å². The van der Waals surface area contributed by atoms with Gasteiger partial charge in [0, 0.05) is 17.3 Å². The fourth-order valence-electron chi connectivity index (χ4n) is 3.77. The summed E-state index contributed by atoms with van der Waals surface area (Å²) in [7, 11) is 4.26. The lowest BCUT2D eigenvalue weighted by Gasteiger charge is -2.44. The number of allylic oxidation sites excluding steroid dienone is 1. The SMILES string of the molecule is CN(C)C1(c2ccccc2)CCC(=CC(=O)Nc2ccc(F)cc2)CC1.Cl. The lowest BCUT2D eigenvalue weighted by Crippen LogP contribution is -2.43. The molecule has 0 bridgehead atoms. The first-order valence-corrected chi connectivity index (χ1v) is 8.98. The maximum atomic E-state index is 12.9. The Morgan fingerprint density at radius 1 is 1.04 bits per heavy atom. The summed E-state index contributed by atoms with van der Waals surface area (Å²) in [5.41, 5.74) is 3.13. The van der Waals surface area contributed by atoms with Crippen molar-refractivity contribution in [3.05, 3.63) is 77.6 Å². The predicted octanol–water partition coefficient (Wildman–Crippen LogP) is 5.14. The van der Waals surface area contributed by atoms with Gasteiger partial charge in [-0.1, -0.05) is 35.9 Å². The van der Waals surface area contributed by atoms with Crippen molar-refractivity contribution in [1.29, 1.82) is 0 Å². The second-order valence-corrected chi connectivity index (χ2v) is 7.09. The van der Waals surface area contributed by atoms with Crippen molar-refractivity contribution >= 4 is 24.0 Å². The molecular formula is C22H26ClFN2O. The molecule has 0 radical (unpaired) electrons. The standard InChI is InChI=1S/C22H25FN2O.ClH/c1-25(2)22(18-6-4-3-5-7-18)14-12-17(13-15-22)16-21(26)24-20-10-8-19(23)9-11-20;/h3-11,16H,12-15H2,1-2H3,(H,24,26);1H. The maximum absolute atomic E-state index is 12.9. The second-order valence-electron chi connectivity index (χ2n) is 7.09. The van der Waals surface area contributed by atoms with E-state index in [2.05, 4.69) is 48.6 Å². The minimum atomic E-state index is -0.311. The smallest absolute Gasteiger partial charge is 0.248 e. The Labute approximate surface area is 166 Å². The zero-order valence-corrected chi connectivity index (χ0v) is 16.6. The lowest BCUT2D eigenvalue weighted by molar-refractivity contribution is -0.112. The Morgan fingerprint density at radius 3 is 2.19 bits per heavy atom. The summed E-state index contributed by atoms with van der Waals surface area (Å²) in [5, 5.41) is 2.80. The number of hydrogen-bond donors (Lipinski definition) is 1. The number of carbonyl (C=O) groups excluding carboxylic acids is 1. The molecule has 1 aliphatic rings. The van der Waals surface area contributed by atoms with Crippen LogP contribution in [0.1, 0.15) is 31.2 Å². The molecule has 3 rings (SSSR count). The van der Waals surface area contributed by atoms with Crippen molar-refractivity contribution in [3.8, 4) is 0 Å². The highest BCUT2D eigenvalue weighted by molar-refractivity contribution is 5.99. The third-order valence-electron chi connectivity index (χ3n) is 5.33. The molecule has 1 N–H and O–H groups in total. The van der Waals surface area contributed by atoms with E-state index in [1.54, 1.807) is 18.2 Å².